The van der Waals surface area contributed by atoms with E-state index in [9.17, 15) is 15.0 Å². The molecule has 2 atom stereocenters. The molecule has 1 amide bonds. The lowest BCUT2D eigenvalue weighted by molar-refractivity contribution is -0.124. The second-order valence-corrected chi connectivity index (χ2v) is 4.62. The van der Waals surface area contributed by atoms with Crippen LogP contribution in [0.15, 0.2) is 18.2 Å². The van der Waals surface area contributed by atoms with E-state index < -0.39 is 0 Å². The molecule has 2 unspecified atom stereocenters. The second-order valence-electron chi connectivity index (χ2n) is 4.62. The van der Waals surface area contributed by atoms with Crippen LogP contribution in [0.1, 0.15) is 31.4 Å². The van der Waals surface area contributed by atoms with E-state index in [2.05, 4.69) is 10.6 Å². The van der Waals surface area contributed by atoms with Gasteiger partial charge in [0.05, 0.1) is 6.04 Å². The molecule has 0 radical (unpaired) electrons. The molecule has 1 aromatic rings. The molecule has 0 bridgehead atoms. The normalized spacial score (nSPS) is 21.4. The van der Waals surface area contributed by atoms with Gasteiger partial charge < -0.3 is 15.5 Å². The molecule has 5 heteroatoms. The Morgan fingerprint density at radius 1 is 1.44 bits per heavy atom. The van der Waals surface area contributed by atoms with Crippen LogP contribution in [0.3, 0.4) is 0 Å². The van der Waals surface area contributed by atoms with Crippen LogP contribution in [0.2, 0.25) is 0 Å². The Balaban J connectivity index is 2.08. The van der Waals surface area contributed by atoms with Crippen molar-refractivity contribution in [2.75, 3.05) is 6.54 Å². The lowest BCUT2D eigenvalue weighted by Crippen LogP contribution is -2.48. The number of amides is 1. The van der Waals surface area contributed by atoms with Gasteiger partial charge in [-0.15, -0.1) is 0 Å². The second kappa shape index (κ2) is 5.27. The molecule has 4 N–H and O–H groups in total. The zero-order chi connectivity index (χ0) is 13.1. The molecule has 2 rings (SSSR count). The number of benzene rings is 1. The summed E-state index contributed by atoms with van der Waals surface area (Å²) in [4.78, 5) is 11.6. The Bertz CT molecular complexity index is 448. The average Bonchev–Trinajstić information content (AvgIpc) is 2.35. The maximum absolute atomic E-state index is 11.6. The average molecular weight is 250 g/mol. The molecule has 1 saturated heterocycles. The first-order valence-corrected chi connectivity index (χ1v) is 6.13. The van der Waals surface area contributed by atoms with Gasteiger partial charge in [-0.05, 0) is 38.0 Å². The first-order chi connectivity index (χ1) is 8.58. The molecule has 98 valence electrons. The molecule has 0 saturated carbocycles. The predicted molar refractivity (Wildman–Crippen MR) is 67.4 cm³/mol. The van der Waals surface area contributed by atoms with Crippen molar-refractivity contribution in [3.8, 4) is 11.5 Å². The third-order valence-electron chi connectivity index (χ3n) is 3.21. The quantitative estimate of drug-likeness (QED) is 0.604. The number of phenols is 2. The Hall–Kier alpha value is -1.75. The first kappa shape index (κ1) is 12.7. The Labute approximate surface area is 106 Å². The highest BCUT2D eigenvalue weighted by molar-refractivity contribution is 5.82. The fourth-order valence-corrected chi connectivity index (χ4v) is 2.21. The zero-order valence-electron chi connectivity index (χ0n) is 10.3. The van der Waals surface area contributed by atoms with Crippen molar-refractivity contribution in [1.29, 1.82) is 0 Å². The molecule has 0 spiro atoms. The summed E-state index contributed by atoms with van der Waals surface area (Å²) in [6.45, 7) is 2.58. The number of hydrogen-bond acceptors (Lipinski definition) is 4. The Morgan fingerprint density at radius 3 is 2.94 bits per heavy atom. The third-order valence-corrected chi connectivity index (χ3v) is 3.21. The van der Waals surface area contributed by atoms with Crippen LogP contribution in [0.4, 0.5) is 0 Å². The minimum atomic E-state index is -0.240. The van der Waals surface area contributed by atoms with Crippen molar-refractivity contribution in [1.82, 2.24) is 10.6 Å². The molecule has 1 aromatic carbocycles. The molecule has 5 nitrogen and oxygen atoms in total. The van der Waals surface area contributed by atoms with E-state index in [0.29, 0.717) is 5.56 Å². The maximum atomic E-state index is 11.6. The molecule has 0 aromatic heterocycles. The van der Waals surface area contributed by atoms with E-state index in [1.807, 2.05) is 6.92 Å². The number of phenolic OH excluding ortho intramolecular Hbond substituents is 2. The Kier molecular flexibility index (Phi) is 3.72. The van der Waals surface area contributed by atoms with E-state index in [0.717, 1.165) is 19.4 Å². The Morgan fingerprint density at radius 2 is 2.22 bits per heavy atom. The number of nitrogens with one attached hydrogen (secondary N) is 2. The van der Waals surface area contributed by atoms with E-state index in [-0.39, 0.29) is 29.5 Å². The van der Waals surface area contributed by atoms with E-state index in [4.69, 9.17) is 0 Å². The lowest BCUT2D eigenvalue weighted by Gasteiger charge is -2.26. The lowest BCUT2D eigenvalue weighted by atomic mass is 10.0. The first-order valence-electron chi connectivity index (χ1n) is 6.13. The summed E-state index contributed by atoms with van der Waals surface area (Å²) in [5.41, 5.74) is 0.591. The van der Waals surface area contributed by atoms with Crippen molar-refractivity contribution >= 4 is 5.91 Å². The number of aromatic hydroxyl groups is 2. The molecule has 1 aliphatic heterocycles. The zero-order valence-corrected chi connectivity index (χ0v) is 10.3. The van der Waals surface area contributed by atoms with E-state index >= 15 is 0 Å². The van der Waals surface area contributed by atoms with E-state index in [1.165, 1.54) is 18.2 Å². The summed E-state index contributed by atoms with van der Waals surface area (Å²) in [6, 6.07) is 3.94. The summed E-state index contributed by atoms with van der Waals surface area (Å²) < 4.78 is 0. The number of carbonyl (C=O) groups is 1. The minimum Gasteiger partial charge on any atom is -0.508 e. The van der Waals surface area contributed by atoms with Crippen molar-refractivity contribution in [3.05, 3.63) is 23.8 Å². The number of piperidine rings is 1. The SMILES string of the molecule is CC(NC1CCCNC1=O)c1cc(O)ccc1O. The molecular weight excluding hydrogens is 232 g/mol. The van der Waals surface area contributed by atoms with Crippen LogP contribution in [-0.4, -0.2) is 28.7 Å². The number of hydrogen-bond donors (Lipinski definition) is 4. The summed E-state index contributed by atoms with van der Waals surface area (Å²) in [7, 11) is 0. The molecule has 0 aliphatic carbocycles. The van der Waals surface area contributed by atoms with Gasteiger partial charge in [0.2, 0.25) is 5.91 Å². The standard InChI is InChI=1S/C13H18N2O3/c1-8(10-7-9(16)4-5-12(10)17)15-11-3-2-6-14-13(11)18/h4-5,7-8,11,15-17H,2-3,6H2,1H3,(H,14,18). The van der Waals surface area contributed by atoms with Gasteiger partial charge in [0, 0.05) is 18.2 Å². The van der Waals surface area contributed by atoms with Crippen LogP contribution in [0, 0.1) is 0 Å². The molecule has 1 heterocycles. The highest BCUT2D eigenvalue weighted by Gasteiger charge is 2.24. The smallest absolute Gasteiger partial charge is 0.237 e. The van der Waals surface area contributed by atoms with Crippen LogP contribution >= 0.6 is 0 Å². The van der Waals surface area contributed by atoms with Gasteiger partial charge in [-0.3, -0.25) is 10.1 Å². The monoisotopic (exact) mass is 250 g/mol. The summed E-state index contributed by atoms with van der Waals surface area (Å²) in [5, 5.41) is 25.1. The largest absolute Gasteiger partial charge is 0.508 e. The van der Waals surface area contributed by atoms with Crippen molar-refractivity contribution in [2.24, 2.45) is 0 Å². The van der Waals surface area contributed by atoms with E-state index in [1.54, 1.807) is 0 Å². The predicted octanol–water partition coefficient (Wildman–Crippen LogP) is 1.03. The molecule has 18 heavy (non-hydrogen) atoms. The van der Waals surface area contributed by atoms with Crippen LogP contribution in [-0.2, 0) is 4.79 Å². The summed E-state index contributed by atoms with van der Waals surface area (Å²) in [6.07, 6.45) is 1.73. The van der Waals surface area contributed by atoms with Crippen LogP contribution < -0.4 is 10.6 Å². The summed E-state index contributed by atoms with van der Waals surface area (Å²) >= 11 is 0. The minimum absolute atomic E-state index is 0.00672. The topological polar surface area (TPSA) is 81.6 Å². The van der Waals surface area contributed by atoms with Crippen molar-refractivity contribution in [2.45, 2.75) is 31.8 Å². The van der Waals surface area contributed by atoms with Gasteiger partial charge in [0.1, 0.15) is 11.5 Å². The van der Waals surface area contributed by atoms with Gasteiger partial charge in [0.25, 0.3) is 0 Å². The third kappa shape index (κ3) is 2.73. The summed E-state index contributed by atoms with van der Waals surface area (Å²) in [5.74, 6) is 0.210. The molecule has 1 fully saturated rings. The number of carbonyl (C=O) groups excluding carboxylic acids is 1. The number of rotatable bonds is 3. The molecule has 1 aliphatic rings. The fraction of sp³-hybridized carbons (Fsp3) is 0.462. The van der Waals surface area contributed by atoms with Gasteiger partial charge in [-0.1, -0.05) is 0 Å². The van der Waals surface area contributed by atoms with Gasteiger partial charge in [0.15, 0.2) is 0 Å². The van der Waals surface area contributed by atoms with Crippen LogP contribution in [0.25, 0.3) is 0 Å². The maximum Gasteiger partial charge on any atom is 0.237 e. The highest BCUT2D eigenvalue weighted by Crippen LogP contribution is 2.28. The van der Waals surface area contributed by atoms with Crippen molar-refractivity contribution in [3.63, 3.8) is 0 Å². The van der Waals surface area contributed by atoms with Gasteiger partial charge in [-0.2, -0.15) is 0 Å². The van der Waals surface area contributed by atoms with Gasteiger partial charge >= 0.3 is 0 Å². The van der Waals surface area contributed by atoms with Gasteiger partial charge in [-0.25, -0.2) is 0 Å². The fourth-order valence-electron chi connectivity index (χ4n) is 2.21. The van der Waals surface area contributed by atoms with Crippen LogP contribution in [0.5, 0.6) is 11.5 Å². The van der Waals surface area contributed by atoms with Crippen molar-refractivity contribution < 1.29 is 15.0 Å². The molecular formula is C13H18N2O3. The highest BCUT2D eigenvalue weighted by atomic mass is 16.3.